The number of piperazine rings is 1. The van der Waals surface area contributed by atoms with Crippen LogP contribution in [0.1, 0.15) is 30.7 Å². The largest absolute Gasteiger partial charge is 0.494 e. The van der Waals surface area contributed by atoms with Crippen molar-refractivity contribution >= 4 is 22.4 Å². The molecule has 3 heterocycles. The fraction of sp³-hybridized carbons (Fsp3) is 0.300. The second-order valence-corrected chi connectivity index (χ2v) is 10.2. The highest BCUT2D eigenvalue weighted by Gasteiger charge is 2.40. The molecule has 2 aromatic heterocycles. The van der Waals surface area contributed by atoms with Crippen LogP contribution in [0.15, 0.2) is 60.8 Å². The number of fused-ring (bicyclic) bond motifs is 1. The first-order chi connectivity index (χ1) is 19.0. The van der Waals surface area contributed by atoms with E-state index in [0.29, 0.717) is 37.5 Å². The summed E-state index contributed by atoms with van der Waals surface area (Å²) in [6, 6.07) is 18.1. The lowest BCUT2D eigenvalue weighted by Gasteiger charge is -2.37. The summed E-state index contributed by atoms with van der Waals surface area (Å²) < 4.78 is 47.1. The Balaban J connectivity index is 1.41. The van der Waals surface area contributed by atoms with Crippen LogP contribution in [0.5, 0.6) is 5.75 Å². The number of alkyl halides is 3. The lowest BCUT2D eigenvalue weighted by molar-refractivity contribution is -0.143. The SMILES string of the molecule is COc1c(N2CCN(c3ccc(C(C)(C)O)c(C(F)(F)F)n3)CC2)cnc2c(-c3ccc(C#N)cc3)cccc12. The highest BCUT2D eigenvalue weighted by Crippen LogP contribution is 2.40. The number of nitrogens with zero attached hydrogens (tertiary/aromatic N) is 5. The van der Waals surface area contributed by atoms with Crippen molar-refractivity contribution in [2.75, 3.05) is 43.1 Å². The molecule has 0 spiro atoms. The standard InChI is InChI=1S/C30H28F3N5O2/c1-29(2,39)23-11-12-25(36-28(23)30(31,32)33)38-15-13-37(14-16-38)24-18-35-26-21(5-4-6-22(26)27(24)40-3)20-9-7-19(17-34)8-10-20/h4-12,18,39H,13-16H2,1-3H3. The van der Waals surface area contributed by atoms with E-state index in [1.807, 2.05) is 35.2 Å². The third-order valence-corrected chi connectivity index (χ3v) is 7.11. The van der Waals surface area contributed by atoms with Crippen molar-refractivity contribution in [1.29, 1.82) is 5.26 Å². The maximum atomic E-state index is 13.8. The summed E-state index contributed by atoms with van der Waals surface area (Å²) in [5.41, 5.74) is 0.992. The number of rotatable bonds is 5. The Morgan fingerprint density at radius 2 is 1.62 bits per heavy atom. The predicted molar refractivity (Wildman–Crippen MR) is 147 cm³/mol. The van der Waals surface area contributed by atoms with E-state index in [2.05, 4.69) is 16.0 Å². The van der Waals surface area contributed by atoms with Crippen molar-refractivity contribution in [3.63, 3.8) is 0 Å². The van der Waals surface area contributed by atoms with Crippen LogP contribution in [-0.2, 0) is 11.8 Å². The monoisotopic (exact) mass is 547 g/mol. The van der Waals surface area contributed by atoms with E-state index in [-0.39, 0.29) is 11.4 Å². The van der Waals surface area contributed by atoms with Gasteiger partial charge in [-0.15, -0.1) is 0 Å². The Labute approximate surface area is 230 Å². The topological polar surface area (TPSA) is 85.5 Å². The van der Waals surface area contributed by atoms with E-state index >= 15 is 0 Å². The lowest BCUT2D eigenvalue weighted by atomic mass is 9.96. The van der Waals surface area contributed by atoms with E-state index in [4.69, 9.17) is 15.0 Å². The van der Waals surface area contributed by atoms with Gasteiger partial charge < -0.3 is 19.6 Å². The fourth-order valence-electron chi connectivity index (χ4n) is 5.10. The lowest BCUT2D eigenvalue weighted by Crippen LogP contribution is -2.47. The zero-order valence-electron chi connectivity index (χ0n) is 22.3. The summed E-state index contributed by atoms with van der Waals surface area (Å²) in [5, 5.41) is 20.2. The highest BCUT2D eigenvalue weighted by atomic mass is 19.4. The molecule has 0 amide bonds. The molecule has 0 unspecified atom stereocenters. The van der Waals surface area contributed by atoms with Crippen LogP contribution in [0.4, 0.5) is 24.7 Å². The van der Waals surface area contributed by atoms with E-state index in [1.54, 1.807) is 25.4 Å². The average Bonchev–Trinajstić information content (AvgIpc) is 2.95. The van der Waals surface area contributed by atoms with Crippen LogP contribution < -0.4 is 14.5 Å². The quantitative estimate of drug-likeness (QED) is 0.341. The Kier molecular flexibility index (Phi) is 7.02. The maximum Gasteiger partial charge on any atom is 0.433 e. The molecule has 0 atom stereocenters. The molecule has 2 aromatic carbocycles. The van der Waals surface area contributed by atoms with Gasteiger partial charge in [-0.25, -0.2) is 4.98 Å². The number of pyridine rings is 2. The maximum absolute atomic E-state index is 13.8. The van der Waals surface area contributed by atoms with Gasteiger partial charge >= 0.3 is 6.18 Å². The van der Waals surface area contributed by atoms with Crippen molar-refractivity contribution in [2.45, 2.75) is 25.6 Å². The molecule has 0 bridgehead atoms. The van der Waals surface area contributed by atoms with Gasteiger partial charge in [0.05, 0.1) is 41.7 Å². The Morgan fingerprint density at radius 1 is 0.950 bits per heavy atom. The van der Waals surface area contributed by atoms with Gasteiger partial charge in [-0.1, -0.05) is 30.3 Å². The summed E-state index contributed by atoms with van der Waals surface area (Å²) in [6.07, 6.45) is -2.92. The molecule has 1 aliphatic rings. The van der Waals surface area contributed by atoms with Gasteiger partial charge in [0.2, 0.25) is 0 Å². The molecule has 5 rings (SSSR count). The fourth-order valence-corrected chi connectivity index (χ4v) is 5.10. The van der Waals surface area contributed by atoms with Crippen molar-refractivity contribution in [2.24, 2.45) is 0 Å². The molecule has 1 aliphatic heterocycles. The minimum atomic E-state index is -4.69. The third-order valence-electron chi connectivity index (χ3n) is 7.11. The van der Waals surface area contributed by atoms with Gasteiger partial charge in [-0.05, 0) is 43.7 Å². The van der Waals surface area contributed by atoms with Crippen LogP contribution in [0.25, 0.3) is 22.0 Å². The Morgan fingerprint density at radius 3 is 2.23 bits per heavy atom. The van der Waals surface area contributed by atoms with Crippen LogP contribution in [0.2, 0.25) is 0 Å². The normalized spacial score (nSPS) is 14.3. The number of benzene rings is 2. The Hall–Kier alpha value is -4.36. The third kappa shape index (κ3) is 5.12. The number of para-hydroxylation sites is 1. The minimum Gasteiger partial charge on any atom is -0.494 e. The number of aromatic nitrogens is 2. The molecular formula is C30H28F3N5O2. The number of methoxy groups -OCH3 is 1. The van der Waals surface area contributed by atoms with Crippen molar-refractivity contribution in [1.82, 2.24) is 9.97 Å². The van der Waals surface area contributed by atoms with Gasteiger partial charge in [-0.2, -0.15) is 18.4 Å². The van der Waals surface area contributed by atoms with E-state index in [0.717, 1.165) is 27.7 Å². The molecule has 206 valence electrons. The molecular weight excluding hydrogens is 519 g/mol. The summed E-state index contributed by atoms with van der Waals surface area (Å²) in [4.78, 5) is 12.6. The molecule has 0 aliphatic carbocycles. The van der Waals surface area contributed by atoms with Crippen LogP contribution in [-0.4, -0.2) is 48.4 Å². The molecule has 0 saturated carbocycles. The van der Waals surface area contributed by atoms with Gasteiger partial charge in [0, 0.05) is 42.7 Å². The number of hydrogen-bond donors (Lipinski definition) is 1. The molecule has 4 aromatic rings. The second-order valence-electron chi connectivity index (χ2n) is 10.2. The van der Waals surface area contributed by atoms with Crippen molar-refractivity contribution in [3.05, 3.63) is 77.6 Å². The first kappa shape index (κ1) is 27.2. The average molecular weight is 548 g/mol. The predicted octanol–water partition coefficient (Wildman–Crippen LogP) is 5.75. The molecule has 1 N–H and O–H groups in total. The number of aliphatic hydroxyl groups is 1. The van der Waals surface area contributed by atoms with Gasteiger partial charge in [-0.3, -0.25) is 4.98 Å². The molecule has 0 radical (unpaired) electrons. The minimum absolute atomic E-state index is 0.218. The number of halogens is 3. The van der Waals surface area contributed by atoms with Crippen LogP contribution in [0, 0.1) is 11.3 Å². The molecule has 10 heteroatoms. The van der Waals surface area contributed by atoms with Crippen LogP contribution in [0.3, 0.4) is 0 Å². The smallest absolute Gasteiger partial charge is 0.433 e. The molecule has 1 saturated heterocycles. The van der Waals surface area contributed by atoms with Crippen LogP contribution >= 0.6 is 0 Å². The van der Waals surface area contributed by atoms with E-state index in [1.165, 1.54) is 26.0 Å². The van der Waals surface area contributed by atoms with Gasteiger partial charge in [0.1, 0.15) is 5.82 Å². The number of hydrogen-bond acceptors (Lipinski definition) is 7. The summed E-state index contributed by atoms with van der Waals surface area (Å²) in [7, 11) is 1.61. The zero-order chi connectivity index (χ0) is 28.7. The first-order valence-electron chi connectivity index (χ1n) is 12.8. The molecule has 7 nitrogen and oxygen atoms in total. The number of anilines is 2. The number of ether oxygens (including phenoxy) is 1. The molecule has 40 heavy (non-hydrogen) atoms. The summed E-state index contributed by atoms with van der Waals surface area (Å²) >= 11 is 0. The van der Waals surface area contributed by atoms with Crippen molar-refractivity contribution in [3.8, 4) is 22.9 Å². The number of nitriles is 1. The second kappa shape index (κ2) is 10.3. The van der Waals surface area contributed by atoms with E-state index in [9.17, 15) is 18.3 Å². The Bertz CT molecular complexity index is 1580. The first-order valence-corrected chi connectivity index (χ1v) is 12.8. The van der Waals surface area contributed by atoms with Gasteiger partial charge in [0.15, 0.2) is 11.4 Å². The zero-order valence-corrected chi connectivity index (χ0v) is 22.3. The molecule has 1 fully saturated rings. The van der Waals surface area contributed by atoms with Crippen molar-refractivity contribution < 1.29 is 23.0 Å². The van der Waals surface area contributed by atoms with E-state index < -0.39 is 17.5 Å². The summed E-state index contributed by atoms with van der Waals surface area (Å²) in [6.45, 7) is 4.56. The summed E-state index contributed by atoms with van der Waals surface area (Å²) in [5.74, 6) is 0.886. The highest BCUT2D eigenvalue weighted by molar-refractivity contribution is 5.99. The van der Waals surface area contributed by atoms with Gasteiger partial charge in [0.25, 0.3) is 0 Å².